The summed E-state index contributed by atoms with van der Waals surface area (Å²) < 4.78 is 22.8. The van der Waals surface area contributed by atoms with Crippen LogP contribution in [-0.2, 0) is 9.84 Å². The number of sulfone groups is 1. The van der Waals surface area contributed by atoms with Crippen molar-refractivity contribution >= 4 is 27.2 Å². The minimum atomic E-state index is -2.84. The van der Waals surface area contributed by atoms with Gasteiger partial charge in [0, 0.05) is 6.54 Å². The van der Waals surface area contributed by atoms with E-state index in [-0.39, 0.29) is 23.6 Å². The van der Waals surface area contributed by atoms with Gasteiger partial charge in [-0.3, -0.25) is 0 Å². The van der Waals surface area contributed by atoms with Crippen LogP contribution in [-0.4, -0.2) is 48.6 Å². The van der Waals surface area contributed by atoms with Gasteiger partial charge in [0.2, 0.25) is 0 Å². The van der Waals surface area contributed by atoms with E-state index in [0.29, 0.717) is 0 Å². The Morgan fingerprint density at radius 2 is 2.29 bits per heavy atom. The molecule has 1 N–H and O–H groups in total. The number of nitrogens with one attached hydrogen (secondary N) is 1. The van der Waals surface area contributed by atoms with Crippen LogP contribution in [0.3, 0.4) is 0 Å². The van der Waals surface area contributed by atoms with E-state index >= 15 is 0 Å². The second kappa shape index (κ2) is 3.34. The first-order chi connectivity index (χ1) is 6.53. The molecule has 0 aromatic carbocycles. The summed E-state index contributed by atoms with van der Waals surface area (Å²) in [5.74, 6) is 0.489. The maximum absolute atomic E-state index is 11.4. The molecule has 4 nitrogen and oxygen atoms in total. The molecule has 0 spiro atoms. The van der Waals surface area contributed by atoms with E-state index < -0.39 is 9.84 Å². The first-order valence-corrected chi connectivity index (χ1v) is 7.04. The third-order valence-corrected chi connectivity index (χ3v) is 4.83. The minimum absolute atomic E-state index is 0.0269. The molecule has 0 radical (unpaired) electrons. The fraction of sp³-hybridized carbons (Fsp3) is 0.875. The third-order valence-electron chi connectivity index (χ3n) is 2.76. The Morgan fingerprint density at radius 3 is 2.93 bits per heavy atom. The molecule has 6 heteroatoms. The number of hydrogen-bond donors (Lipinski definition) is 1. The summed E-state index contributed by atoms with van der Waals surface area (Å²) in [6, 6.07) is 0.103. The number of thiocarbonyl (C=S) groups is 1. The van der Waals surface area contributed by atoms with Gasteiger partial charge < -0.3 is 10.2 Å². The van der Waals surface area contributed by atoms with Crippen LogP contribution in [0, 0.1) is 0 Å². The van der Waals surface area contributed by atoms with Crippen molar-refractivity contribution in [1.29, 1.82) is 0 Å². The maximum atomic E-state index is 11.4. The summed E-state index contributed by atoms with van der Waals surface area (Å²) in [6.07, 6.45) is 0.991. The highest BCUT2D eigenvalue weighted by Crippen LogP contribution is 2.24. The second-order valence-corrected chi connectivity index (χ2v) is 6.43. The smallest absolute Gasteiger partial charge is 0.169 e. The van der Waals surface area contributed by atoms with E-state index in [2.05, 4.69) is 12.2 Å². The molecular weight excluding hydrogens is 220 g/mol. The molecule has 0 bridgehead atoms. The van der Waals surface area contributed by atoms with Crippen molar-refractivity contribution in [3.63, 3.8) is 0 Å². The lowest BCUT2D eigenvalue weighted by Gasteiger charge is -2.22. The molecule has 2 heterocycles. The van der Waals surface area contributed by atoms with Crippen LogP contribution in [0.25, 0.3) is 0 Å². The van der Waals surface area contributed by atoms with Crippen molar-refractivity contribution in [3.05, 3.63) is 0 Å². The van der Waals surface area contributed by atoms with E-state index in [0.717, 1.165) is 18.1 Å². The molecule has 2 aliphatic heterocycles. The molecule has 0 aliphatic carbocycles. The highest BCUT2D eigenvalue weighted by molar-refractivity contribution is 7.91. The van der Waals surface area contributed by atoms with Crippen LogP contribution < -0.4 is 5.32 Å². The van der Waals surface area contributed by atoms with Gasteiger partial charge >= 0.3 is 0 Å². The van der Waals surface area contributed by atoms with Gasteiger partial charge in [-0.05, 0) is 18.6 Å². The largest absolute Gasteiger partial charge is 0.357 e. The number of fused-ring (bicyclic) bond motifs is 1. The molecule has 2 aliphatic rings. The molecule has 2 atom stereocenters. The lowest BCUT2D eigenvalue weighted by Crippen LogP contribution is -2.37. The Bertz CT molecular complexity index is 352. The van der Waals surface area contributed by atoms with Gasteiger partial charge in [0.05, 0.1) is 23.6 Å². The lowest BCUT2D eigenvalue weighted by atomic mass is 10.2. The summed E-state index contributed by atoms with van der Waals surface area (Å²) in [5.41, 5.74) is 0. The van der Waals surface area contributed by atoms with Gasteiger partial charge in [-0.1, -0.05) is 6.92 Å². The standard InChI is InChI=1S/C8H14N2O2S2/c1-2-3-10-7-5-14(11,12)4-6(7)9-8(10)13/h6-7H,2-5H2,1H3,(H,9,13). The fourth-order valence-electron chi connectivity index (χ4n) is 2.17. The zero-order chi connectivity index (χ0) is 10.3. The first kappa shape index (κ1) is 10.2. The van der Waals surface area contributed by atoms with Gasteiger partial charge in [0.25, 0.3) is 0 Å². The third kappa shape index (κ3) is 1.61. The molecule has 0 aromatic rings. The molecule has 2 rings (SSSR count). The van der Waals surface area contributed by atoms with Crippen LogP contribution in [0.15, 0.2) is 0 Å². The topological polar surface area (TPSA) is 49.4 Å². The van der Waals surface area contributed by atoms with E-state index in [1.165, 1.54) is 0 Å². The predicted molar refractivity (Wildman–Crippen MR) is 59.0 cm³/mol. The van der Waals surface area contributed by atoms with E-state index in [4.69, 9.17) is 12.2 Å². The highest BCUT2D eigenvalue weighted by Gasteiger charge is 2.46. The van der Waals surface area contributed by atoms with Crippen molar-refractivity contribution in [2.24, 2.45) is 0 Å². The zero-order valence-electron chi connectivity index (χ0n) is 8.06. The number of rotatable bonds is 2. The molecule has 0 saturated carbocycles. The van der Waals surface area contributed by atoms with Crippen LogP contribution in [0.4, 0.5) is 0 Å². The highest BCUT2D eigenvalue weighted by atomic mass is 32.2. The van der Waals surface area contributed by atoms with E-state index in [1.807, 2.05) is 4.90 Å². The Morgan fingerprint density at radius 1 is 1.57 bits per heavy atom. The van der Waals surface area contributed by atoms with Gasteiger partial charge in [-0.25, -0.2) is 8.42 Å². The average molecular weight is 234 g/mol. The monoisotopic (exact) mass is 234 g/mol. The Balaban J connectivity index is 2.17. The van der Waals surface area contributed by atoms with E-state index in [1.54, 1.807) is 0 Å². The van der Waals surface area contributed by atoms with Crippen LogP contribution in [0.1, 0.15) is 13.3 Å². The molecule has 14 heavy (non-hydrogen) atoms. The summed E-state index contributed by atoms with van der Waals surface area (Å²) >= 11 is 5.16. The SMILES string of the molecule is CCCN1C(=S)NC2CS(=O)(=O)CC21. The lowest BCUT2D eigenvalue weighted by molar-refractivity contribution is 0.355. The molecule has 2 unspecified atom stereocenters. The quantitative estimate of drug-likeness (QED) is 0.668. The Hall–Kier alpha value is -0.360. The molecule has 2 saturated heterocycles. The van der Waals surface area contributed by atoms with Gasteiger partial charge in [0.1, 0.15) is 0 Å². The van der Waals surface area contributed by atoms with Crippen LogP contribution >= 0.6 is 12.2 Å². The van der Waals surface area contributed by atoms with Crippen molar-refractivity contribution in [2.75, 3.05) is 18.1 Å². The molecule has 0 aromatic heterocycles. The van der Waals surface area contributed by atoms with Crippen molar-refractivity contribution in [1.82, 2.24) is 10.2 Å². The second-order valence-electron chi connectivity index (χ2n) is 3.89. The summed E-state index contributed by atoms with van der Waals surface area (Å²) in [5, 5.41) is 3.80. The zero-order valence-corrected chi connectivity index (χ0v) is 9.70. The van der Waals surface area contributed by atoms with Crippen LogP contribution in [0.5, 0.6) is 0 Å². The van der Waals surface area contributed by atoms with Crippen molar-refractivity contribution < 1.29 is 8.42 Å². The van der Waals surface area contributed by atoms with Gasteiger partial charge in [0.15, 0.2) is 14.9 Å². The normalized spacial score (nSPS) is 34.4. The first-order valence-electron chi connectivity index (χ1n) is 4.81. The summed E-state index contributed by atoms with van der Waals surface area (Å²) in [4.78, 5) is 2.02. The Labute approximate surface area is 89.6 Å². The summed E-state index contributed by atoms with van der Waals surface area (Å²) in [7, 11) is -2.84. The van der Waals surface area contributed by atoms with E-state index in [9.17, 15) is 8.42 Å². The predicted octanol–water partition coefficient (Wildman–Crippen LogP) is -0.248. The maximum Gasteiger partial charge on any atom is 0.169 e. The summed E-state index contributed by atoms with van der Waals surface area (Å²) in [6.45, 7) is 2.92. The van der Waals surface area contributed by atoms with Crippen molar-refractivity contribution in [3.8, 4) is 0 Å². The minimum Gasteiger partial charge on any atom is -0.357 e. The fourth-order valence-corrected chi connectivity index (χ4v) is 4.47. The number of nitrogens with zero attached hydrogens (tertiary/aromatic N) is 1. The Kier molecular flexibility index (Phi) is 2.43. The molecule has 80 valence electrons. The van der Waals surface area contributed by atoms with Crippen LogP contribution in [0.2, 0.25) is 0 Å². The van der Waals surface area contributed by atoms with Gasteiger partial charge in [-0.15, -0.1) is 0 Å². The van der Waals surface area contributed by atoms with Gasteiger partial charge in [-0.2, -0.15) is 0 Å². The average Bonchev–Trinajstić information content (AvgIpc) is 2.47. The van der Waals surface area contributed by atoms with Crippen molar-refractivity contribution in [2.45, 2.75) is 25.4 Å². The molecule has 0 amide bonds. The number of hydrogen-bond acceptors (Lipinski definition) is 3. The molecular formula is C8H14N2O2S2. The molecule has 2 fully saturated rings.